The Hall–Kier alpha value is -4.41. The Morgan fingerprint density at radius 2 is 1.61 bits per heavy atom. The summed E-state index contributed by atoms with van der Waals surface area (Å²) in [6, 6.07) is 15.3. The number of carbonyl (C=O) groups excluding carboxylic acids is 3. The fourth-order valence-electron chi connectivity index (χ4n) is 2.74. The minimum atomic E-state index is -1.22. The minimum absolute atomic E-state index is 0.00639. The van der Waals surface area contributed by atoms with Crippen LogP contribution in [0.4, 0.5) is 4.79 Å². The first-order chi connectivity index (χ1) is 15.7. The molecule has 174 valence electrons. The lowest BCUT2D eigenvalue weighted by atomic mass is 10.1. The highest BCUT2D eigenvalue weighted by atomic mass is 16.5. The molecule has 0 fully saturated rings. The van der Waals surface area contributed by atoms with Crippen LogP contribution in [0.2, 0.25) is 0 Å². The molecule has 3 amide bonds. The molecule has 0 spiro atoms. The number of hydrogen-bond acceptors (Lipinski definition) is 5. The van der Waals surface area contributed by atoms with Crippen LogP contribution in [0, 0.1) is 0 Å². The lowest BCUT2D eigenvalue weighted by Crippen LogP contribution is -2.49. The monoisotopic (exact) mass is 455 g/mol. The summed E-state index contributed by atoms with van der Waals surface area (Å²) in [7, 11) is 0. The maximum atomic E-state index is 12.5. The molecule has 0 saturated heterocycles. The number of carboxylic acids is 1. The average molecular weight is 455 g/mol. The van der Waals surface area contributed by atoms with E-state index < -0.39 is 36.5 Å². The summed E-state index contributed by atoms with van der Waals surface area (Å²) in [4.78, 5) is 50.6. The summed E-state index contributed by atoms with van der Waals surface area (Å²) in [5.41, 5.74) is 12.1. The number of rotatable bonds is 10. The molecule has 2 aromatic rings. The van der Waals surface area contributed by atoms with Crippen molar-refractivity contribution in [2.75, 3.05) is 0 Å². The first-order valence-corrected chi connectivity index (χ1v) is 9.94. The van der Waals surface area contributed by atoms with E-state index in [0.717, 1.165) is 11.1 Å². The van der Waals surface area contributed by atoms with E-state index in [-0.39, 0.29) is 24.6 Å². The van der Waals surface area contributed by atoms with Crippen LogP contribution >= 0.6 is 0 Å². The number of nitrogens with zero attached hydrogens (tertiary/aromatic N) is 1. The van der Waals surface area contributed by atoms with E-state index >= 15 is 0 Å². The quantitative estimate of drug-likeness (QED) is 0.198. The van der Waals surface area contributed by atoms with Gasteiger partial charge in [-0.05, 0) is 29.7 Å². The third kappa shape index (κ3) is 9.51. The Morgan fingerprint density at radius 1 is 0.939 bits per heavy atom. The zero-order valence-corrected chi connectivity index (χ0v) is 17.7. The van der Waals surface area contributed by atoms with Crippen LogP contribution in [0.1, 0.15) is 34.3 Å². The smallest absolute Gasteiger partial charge is 0.409 e. The van der Waals surface area contributed by atoms with Gasteiger partial charge in [-0.1, -0.05) is 42.5 Å². The van der Waals surface area contributed by atoms with Gasteiger partial charge in [-0.15, -0.1) is 0 Å². The molecule has 2 rings (SSSR count). The number of aliphatic carboxylic acids is 1. The standard InChI is InChI=1S/C22H25N5O6/c23-21(24)27-18(28)11-8-14-6-9-16(10-7-14)20(31)25-17(12-19(29)30)26-22(32)33-13-15-4-2-1-3-5-15/h1-7,9-10,17H,8,11-13H2,(H,25,31)(H,26,32)(H,29,30)(H4,23,24,27,28). The number of carbonyl (C=O) groups is 4. The number of ether oxygens (including phenoxy) is 1. The third-order valence-corrected chi connectivity index (χ3v) is 4.29. The Labute approximate surface area is 189 Å². The van der Waals surface area contributed by atoms with Gasteiger partial charge in [-0.2, -0.15) is 4.99 Å². The van der Waals surface area contributed by atoms with Gasteiger partial charge in [0.15, 0.2) is 5.96 Å². The van der Waals surface area contributed by atoms with Gasteiger partial charge in [0.2, 0.25) is 5.91 Å². The second kappa shape index (κ2) is 12.4. The maximum Gasteiger partial charge on any atom is 0.409 e. The molecule has 11 nitrogen and oxygen atoms in total. The van der Waals surface area contributed by atoms with Crippen molar-refractivity contribution in [1.82, 2.24) is 10.6 Å². The van der Waals surface area contributed by atoms with E-state index in [1.165, 1.54) is 12.1 Å². The van der Waals surface area contributed by atoms with Crippen LogP contribution in [-0.2, 0) is 27.4 Å². The van der Waals surface area contributed by atoms with E-state index in [9.17, 15) is 19.2 Å². The summed E-state index contributed by atoms with van der Waals surface area (Å²) in [6.45, 7) is -0.00639. The largest absolute Gasteiger partial charge is 0.481 e. The second-order valence-corrected chi connectivity index (χ2v) is 6.96. The van der Waals surface area contributed by atoms with Gasteiger partial charge in [0.1, 0.15) is 12.8 Å². The van der Waals surface area contributed by atoms with Crippen molar-refractivity contribution >= 4 is 29.8 Å². The fourth-order valence-corrected chi connectivity index (χ4v) is 2.74. The molecule has 11 heteroatoms. The molecular formula is C22H25N5O6. The number of aryl methyl sites for hydroxylation is 1. The van der Waals surface area contributed by atoms with Gasteiger partial charge in [-0.3, -0.25) is 14.4 Å². The molecule has 2 aromatic carbocycles. The fraction of sp³-hybridized carbons (Fsp3) is 0.227. The highest BCUT2D eigenvalue weighted by molar-refractivity contribution is 5.95. The van der Waals surface area contributed by atoms with Crippen LogP contribution in [0.5, 0.6) is 0 Å². The van der Waals surface area contributed by atoms with E-state index in [4.69, 9.17) is 21.3 Å². The molecule has 0 aliphatic heterocycles. The predicted molar refractivity (Wildman–Crippen MR) is 119 cm³/mol. The van der Waals surface area contributed by atoms with Crippen molar-refractivity contribution in [3.63, 3.8) is 0 Å². The number of nitrogens with two attached hydrogens (primary N) is 2. The molecule has 0 heterocycles. The third-order valence-electron chi connectivity index (χ3n) is 4.29. The zero-order valence-electron chi connectivity index (χ0n) is 17.7. The summed E-state index contributed by atoms with van der Waals surface area (Å²) in [5, 5.41) is 13.9. The van der Waals surface area contributed by atoms with Crippen molar-refractivity contribution in [2.45, 2.75) is 32.0 Å². The number of carboxylic acid groups (broad SMARTS) is 1. The molecule has 0 bridgehead atoms. The number of nitrogens with one attached hydrogen (secondary N) is 2. The Morgan fingerprint density at radius 3 is 2.21 bits per heavy atom. The lowest BCUT2D eigenvalue weighted by Gasteiger charge is -2.18. The highest BCUT2D eigenvalue weighted by Crippen LogP contribution is 2.08. The number of amides is 3. The van der Waals surface area contributed by atoms with Crippen molar-refractivity contribution in [3.05, 3.63) is 71.3 Å². The number of alkyl carbamates (subject to hydrolysis) is 1. The minimum Gasteiger partial charge on any atom is -0.481 e. The Balaban J connectivity index is 1.91. The molecule has 33 heavy (non-hydrogen) atoms. The molecule has 1 atom stereocenters. The summed E-state index contributed by atoms with van der Waals surface area (Å²) < 4.78 is 5.07. The topological polar surface area (TPSA) is 186 Å². The molecule has 0 saturated carbocycles. The van der Waals surface area contributed by atoms with Gasteiger partial charge in [-0.25, -0.2) is 4.79 Å². The first-order valence-electron chi connectivity index (χ1n) is 9.94. The van der Waals surface area contributed by atoms with Crippen LogP contribution in [0.3, 0.4) is 0 Å². The summed E-state index contributed by atoms with van der Waals surface area (Å²) in [5.74, 6) is -2.57. The molecule has 1 unspecified atom stereocenters. The predicted octanol–water partition coefficient (Wildman–Crippen LogP) is 0.876. The highest BCUT2D eigenvalue weighted by Gasteiger charge is 2.20. The molecule has 0 aliphatic carbocycles. The zero-order chi connectivity index (χ0) is 24.2. The molecule has 7 N–H and O–H groups in total. The van der Waals surface area contributed by atoms with Gasteiger partial charge < -0.3 is 31.9 Å². The Kier molecular flexibility index (Phi) is 9.37. The van der Waals surface area contributed by atoms with Crippen molar-refractivity contribution < 1.29 is 29.0 Å². The van der Waals surface area contributed by atoms with Crippen LogP contribution in [-0.4, -0.2) is 41.1 Å². The van der Waals surface area contributed by atoms with Crippen molar-refractivity contribution in [1.29, 1.82) is 0 Å². The average Bonchev–Trinajstić information content (AvgIpc) is 2.76. The van der Waals surface area contributed by atoms with Gasteiger partial charge in [0.25, 0.3) is 5.91 Å². The van der Waals surface area contributed by atoms with E-state index in [1.807, 2.05) is 6.07 Å². The van der Waals surface area contributed by atoms with E-state index in [2.05, 4.69) is 15.6 Å². The Bertz CT molecular complexity index is 1000. The SMILES string of the molecule is NC(N)=NC(=O)CCc1ccc(C(=O)NC(CC(=O)O)NC(=O)OCc2ccccc2)cc1. The van der Waals surface area contributed by atoms with Gasteiger partial charge in [0, 0.05) is 12.0 Å². The van der Waals surface area contributed by atoms with Crippen molar-refractivity contribution in [2.24, 2.45) is 16.5 Å². The van der Waals surface area contributed by atoms with E-state index in [0.29, 0.717) is 6.42 Å². The van der Waals surface area contributed by atoms with Crippen LogP contribution < -0.4 is 22.1 Å². The molecule has 0 aliphatic rings. The van der Waals surface area contributed by atoms with Crippen LogP contribution in [0.15, 0.2) is 59.6 Å². The van der Waals surface area contributed by atoms with Gasteiger partial charge >= 0.3 is 12.1 Å². The normalized spacial score (nSPS) is 11.0. The summed E-state index contributed by atoms with van der Waals surface area (Å²) >= 11 is 0. The maximum absolute atomic E-state index is 12.5. The number of aliphatic imine (C=N–C) groups is 1. The van der Waals surface area contributed by atoms with Gasteiger partial charge in [0.05, 0.1) is 6.42 Å². The number of guanidine groups is 1. The number of hydrogen-bond donors (Lipinski definition) is 5. The first kappa shape index (κ1) is 24.9. The molecule has 0 aromatic heterocycles. The van der Waals surface area contributed by atoms with Crippen LogP contribution in [0.25, 0.3) is 0 Å². The molecular weight excluding hydrogens is 430 g/mol. The summed E-state index contributed by atoms with van der Waals surface area (Å²) in [6.07, 6.45) is -2.13. The van der Waals surface area contributed by atoms with Crippen molar-refractivity contribution in [3.8, 4) is 0 Å². The van der Waals surface area contributed by atoms with E-state index in [1.54, 1.807) is 36.4 Å². The number of benzene rings is 2. The molecule has 0 radical (unpaired) electrons. The second-order valence-electron chi connectivity index (χ2n) is 6.96. The lowest BCUT2D eigenvalue weighted by molar-refractivity contribution is -0.137.